The molecule has 2 saturated heterocycles. The molecule has 0 spiro atoms. The van der Waals surface area contributed by atoms with Gasteiger partial charge in [-0.3, -0.25) is 4.72 Å². The summed E-state index contributed by atoms with van der Waals surface area (Å²) in [4.78, 5) is 4.98. The predicted molar refractivity (Wildman–Crippen MR) is 121 cm³/mol. The summed E-state index contributed by atoms with van der Waals surface area (Å²) in [7, 11) is -3.61. The van der Waals surface area contributed by atoms with E-state index in [-0.39, 0.29) is 4.90 Å². The summed E-state index contributed by atoms with van der Waals surface area (Å²) in [6, 6.07) is 14.9. The summed E-state index contributed by atoms with van der Waals surface area (Å²) in [6.07, 6.45) is 2.35. The van der Waals surface area contributed by atoms with Crippen LogP contribution in [0.5, 0.6) is 0 Å². The Kier molecular flexibility index (Phi) is 6.61. The Bertz CT molecular complexity index is 923. The molecule has 2 aromatic rings. The summed E-state index contributed by atoms with van der Waals surface area (Å²) < 4.78 is 33.7. The van der Waals surface area contributed by atoms with Crippen LogP contribution >= 0.6 is 0 Å². The first-order valence-electron chi connectivity index (χ1n) is 10.8. The van der Waals surface area contributed by atoms with E-state index in [1.165, 1.54) is 18.4 Å². The molecule has 2 aromatic carbocycles. The average Bonchev–Trinajstić information content (AvgIpc) is 3.24. The monoisotopic (exact) mass is 429 g/mol. The molecule has 0 unspecified atom stereocenters. The summed E-state index contributed by atoms with van der Waals surface area (Å²) in [5.74, 6) is 0.537. The van der Waals surface area contributed by atoms with Crippen LogP contribution in [0, 0.1) is 0 Å². The van der Waals surface area contributed by atoms with Gasteiger partial charge in [-0.25, -0.2) is 8.42 Å². The molecule has 2 aliphatic rings. The number of hydrogen-bond acceptors (Lipinski definition) is 5. The summed E-state index contributed by atoms with van der Waals surface area (Å²) in [5, 5.41) is 0. The smallest absolute Gasteiger partial charge is 0.261 e. The standard InChI is InChI=1S/C23H31N3O3S/c1-2-12-25-13-11-20(18-25)19-3-5-21(6-4-19)24-30(27,28)23-9-7-22(8-10-23)26-14-16-29-17-15-26/h3-10,20,24H,2,11-18H2,1H3/t20-/m1/s1. The number of sulfonamides is 1. The summed E-state index contributed by atoms with van der Waals surface area (Å²) in [5.41, 5.74) is 2.90. The van der Waals surface area contributed by atoms with E-state index < -0.39 is 10.0 Å². The van der Waals surface area contributed by atoms with Gasteiger partial charge >= 0.3 is 0 Å². The molecule has 4 rings (SSSR count). The highest BCUT2D eigenvalue weighted by molar-refractivity contribution is 7.92. The van der Waals surface area contributed by atoms with E-state index in [2.05, 4.69) is 33.6 Å². The van der Waals surface area contributed by atoms with Crippen molar-refractivity contribution in [3.63, 3.8) is 0 Å². The lowest BCUT2D eigenvalue weighted by Gasteiger charge is -2.28. The van der Waals surface area contributed by atoms with Crippen LogP contribution < -0.4 is 9.62 Å². The summed E-state index contributed by atoms with van der Waals surface area (Å²) in [6.45, 7) is 8.66. The van der Waals surface area contributed by atoms with Gasteiger partial charge < -0.3 is 14.5 Å². The molecule has 0 radical (unpaired) electrons. The number of nitrogens with zero attached hydrogens (tertiary/aromatic N) is 2. The Labute approximate surface area is 179 Å². The van der Waals surface area contributed by atoms with Gasteiger partial charge in [-0.2, -0.15) is 0 Å². The van der Waals surface area contributed by atoms with Gasteiger partial charge in [0.25, 0.3) is 10.0 Å². The van der Waals surface area contributed by atoms with Crippen LogP contribution in [0.3, 0.4) is 0 Å². The Hall–Kier alpha value is -2.09. The van der Waals surface area contributed by atoms with Gasteiger partial charge in [0.15, 0.2) is 0 Å². The number of benzene rings is 2. The fourth-order valence-electron chi connectivity index (χ4n) is 4.32. The minimum Gasteiger partial charge on any atom is -0.378 e. The van der Waals surface area contributed by atoms with E-state index >= 15 is 0 Å². The fraction of sp³-hybridized carbons (Fsp3) is 0.478. The molecule has 1 atom stereocenters. The van der Waals surface area contributed by atoms with Crippen molar-refractivity contribution < 1.29 is 13.2 Å². The molecule has 2 heterocycles. The molecule has 0 aromatic heterocycles. The van der Waals surface area contributed by atoms with E-state index in [9.17, 15) is 8.42 Å². The molecule has 7 heteroatoms. The lowest BCUT2D eigenvalue weighted by atomic mass is 9.98. The van der Waals surface area contributed by atoms with Crippen molar-refractivity contribution in [2.45, 2.75) is 30.6 Å². The first-order valence-corrected chi connectivity index (χ1v) is 12.3. The zero-order valence-electron chi connectivity index (χ0n) is 17.6. The number of rotatable bonds is 7. The minimum absolute atomic E-state index is 0.273. The van der Waals surface area contributed by atoms with Crippen molar-refractivity contribution in [2.75, 3.05) is 55.6 Å². The maximum atomic E-state index is 12.8. The Morgan fingerprint density at radius 1 is 1.00 bits per heavy atom. The van der Waals surface area contributed by atoms with Gasteiger partial charge in [-0.15, -0.1) is 0 Å². The lowest BCUT2D eigenvalue weighted by molar-refractivity contribution is 0.122. The fourth-order valence-corrected chi connectivity index (χ4v) is 5.38. The van der Waals surface area contributed by atoms with Gasteiger partial charge in [-0.05, 0) is 73.8 Å². The van der Waals surface area contributed by atoms with E-state index in [0.717, 1.165) is 38.4 Å². The molecule has 0 bridgehead atoms. The molecule has 0 aliphatic carbocycles. The number of likely N-dealkylation sites (tertiary alicyclic amines) is 1. The molecule has 30 heavy (non-hydrogen) atoms. The van der Waals surface area contributed by atoms with Crippen LogP contribution in [0.2, 0.25) is 0 Å². The molecule has 1 N–H and O–H groups in total. The highest BCUT2D eigenvalue weighted by atomic mass is 32.2. The van der Waals surface area contributed by atoms with Gasteiger partial charge in [0, 0.05) is 31.0 Å². The van der Waals surface area contributed by atoms with Crippen molar-refractivity contribution in [1.82, 2.24) is 4.90 Å². The van der Waals surface area contributed by atoms with Crippen molar-refractivity contribution in [2.24, 2.45) is 0 Å². The highest BCUT2D eigenvalue weighted by Gasteiger charge is 2.23. The second-order valence-corrected chi connectivity index (χ2v) is 9.79. The molecular weight excluding hydrogens is 398 g/mol. The maximum Gasteiger partial charge on any atom is 0.261 e. The van der Waals surface area contributed by atoms with E-state index in [0.29, 0.717) is 24.8 Å². The molecular formula is C23H31N3O3S. The third-order valence-electron chi connectivity index (χ3n) is 5.97. The lowest BCUT2D eigenvalue weighted by Crippen LogP contribution is -2.36. The van der Waals surface area contributed by atoms with Gasteiger partial charge in [-0.1, -0.05) is 19.1 Å². The molecule has 0 amide bonds. The number of hydrogen-bond donors (Lipinski definition) is 1. The van der Waals surface area contributed by atoms with Crippen molar-refractivity contribution in [3.05, 3.63) is 54.1 Å². The average molecular weight is 430 g/mol. The number of morpholine rings is 1. The number of anilines is 2. The second-order valence-electron chi connectivity index (χ2n) is 8.11. The largest absolute Gasteiger partial charge is 0.378 e. The molecule has 2 fully saturated rings. The van der Waals surface area contributed by atoms with E-state index in [1.807, 2.05) is 24.3 Å². The zero-order chi connectivity index (χ0) is 21.0. The predicted octanol–water partition coefficient (Wildman–Crippen LogP) is 3.52. The van der Waals surface area contributed by atoms with E-state index in [4.69, 9.17) is 4.74 Å². The molecule has 2 aliphatic heterocycles. The topological polar surface area (TPSA) is 61.9 Å². The first-order chi connectivity index (χ1) is 14.5. The second kappa shape index (κ2) is 9.37. The molecule has 162 valence electrons. The van der Waals surface area contributed by atoms with E-state index in [1.54, 1.807) is 12.1 Å². The molecule has 6 nitrogen and oxygen atoms in total. The van der Waals surface area contributed by atoms with Crippen LogP contribution in [0.1, 0.15) is 31.2 Å². The van der Waals surface area contributed by atoms with Crippen LogP contribution in [-0.4, -0.2) is 59.3 Å². The number of nitrogens with one attached hydrogen (secondary N) is 1. The third kappa shape index (κ3) is 4.96. The third-order valence-corrected chi connectivity index (χ3v) is 7.37. The van der Waals surface area contributed by atoms with Gasteiger partial charge in [0.05, 0.1) is 18.1 Å². The van der Waals surface area contributed by atoms with Gasteiger partial charge in [0.2, 0.25) is 0 Å². The SMILES string of the molecule is CCCN1CC[C@@H](c2ccc(NS(=O)(=O)c3ccc(N4CCOCC4)cc3)cc2)C1. The highest BCUT2D eigenvalue weighted by Crippen LogP contribution is 2.28. The zero-order valence-corrected chi connectivity index (χ0v) is 18.4. The Morgan fingerprint density at radius 3 is 2.37 bits per heavy atom. The maximum absolute atomic E-state index is 12.8. The van der Waals surface area contributed by atoms with Crippen LogP contribution in [0.15, 0.2) is 53.4 Å². The normalized spacial score (nSPS) is 20.4. The minimum atomic E-state index is -3.61. The summed E-state index contributed by atoms with van der Waals surface area (Å²) >= 11 is 0. The van der Waals surface area contributed by atoms with Crippen molar-refractivity contribution >= 4 is 21.4 Å². The Balaban J connectivity index is 1.39. The van der Waals surface area contributed by atoms with Crippen molar-refractivity contribution in [3.8, 4) is 0 Å². The van der Waals surface area contributed by atoms with Crippen LogP contribution in [0.25, 0.3) is 0 Å². The van der Waals surface area contributed by atoms with Crippen LogP contribution in [-0.2, 0) is 14.8 Å². The molecule has 0 saturated carbocycles. The van der Waals surface area contributed by atoms with Crippen LogP contribution in [0.4, 0.5) is 11.4 Å². The quantitative estimate of drug-likeness (QED) is 0.730. The Morgan fingerprint density at radius 2 is 1.70 bits per heavy atom. The van der Waals surface area contributed by atoms with Gasteiger partial charge in [0.1, 0.15) is 0 Å². The number of ether oxygens (including phenoxy) is 1. The van der Waals surface area contributed by atoms with Crippen molar-refractivity contribution in [1.29, 1.82) is 0 Å². The first kappa shape index (κ1) is 21.2.